The molecule has 0 radical (unpaired) electrons. The van der Waals surface area contributed by atoms with Crippen molar-refractivity contribution in [1.29, 1.82) is 0 Å². The number of aromatic nitrogens is 4. The summed E-state index contributed by atoms with van der Waals surface area (Å²) in [4.78, 5) is 4.37. The fourth-order valence-corrected chi connectivity index (χ4v) is 1.76. The topological polar surface area (TPSA) is 56.7 Å². The van der Waals surface area contributed by atoms with Crippen molar-refractivity contribution >= 4 is 11.6 Å². The average Bonchev–Trinajstić information content (AvgIpc) is 2.73. The van der Waals surface area contributed by atoms with Gasteiger partial charge in [0.15, 0.2) is 5.82 Å². The van der Waals surface area contributed by atoms with E-state index in [0.29, 0.717) is 22.4 Å². The highest BCUT2D eigenvalue weighted by Crippen LogP contribution is 2.30. The molecule has 2 aromatic rings. The predicted octanol–water partition coefficient (Wildman–Crippen LogP) is 2.73. The molecule has 0 atom stereocenters. The van der Waals surface area contributed by atoms with Gasteiger partial charge in [0.1, 0.15) is 5.15 Å². The first-order valence-corrected chi connectivity index (χ1v) is 5.72. The third-order valence-corrected chi connectivity index (χ3v) is 2.90. The van der Waals surface area contributed by atoms with Gasteiger partial charge in [-0.25, -0.2) is 0 Å². The monoisotopic (exact) mass is 254 g/mol. The summed E-state index contributed by atoms with van der Waals surface area (Å²) in [5, 5.41) is 8.70. The summed E-state index contributed by atoms with van der Waals surface area (Å²) in [6.07, 6.45) is 0. The van der Waals surface area contributed by atoms with Crippen LogP contribution in [-0.2, 0) is 12.5 Å². The van der Waals surface area contributed by atoms with Crippen molar-refractivity contribution in [3.05, 3.63) is 16.7 Å². The molecule has 0 saturated carbocycles. The third kappa shape index (κ3) is 2.07. The second-order valence-corrected chi connectivity index (χ2v) is 5.41. The Kier molecular flexibility index (Phi) is 2.73. The molecule has 5 nitrogen and oxygen atoms in total. The van der Waals surface area contributed by atoms with E-state index in [-0.39, 0.29) is 5.41 Å². The molecule has 0 bridgehead atoms. The van der Waals surface area contributed by atoms with E-state index in [2.05, 4.69) is 15.2 Å². The Hall–Kier alpha value is -1.36. The van der Waals surface area contributed by atoms with E-state index in [1.54, 1.807) is 11.7 Å². The normalized spacial score (nSPS) is 12.1. The fourth-order valence-electron chi connectivity index (χ4n) is 1.50. The molecule has 2 rings (SSSR count). The number of hydrogen-bond acceptors (Lipinski definition) is 4. The lowest BCUT2D eigenvalue weighted by Gasteiger charge is -2.10. The first-order valence-electron chi connectivity index (χ1n) is 5.34. The van der Waals surface area contributed by atoms with Crippen molar-refractivity contribution in [2.75, 3.05) is 0 Å². The van der Waals surface area contributed by atoms with Crippen molar-refractivity contribution in [1.82, 2.24) is 19.9 Å². The van der Waals surface area contributed by atoms with Crippen molar-refractivity contribution in [2.24, 2.45) is 7.05 Å². The Morgan fingerprint density at radius 2 is 1.94 bits per heavy atom. The van der Waals surface area contributed by atoms with Crippen LogP contribution in [0.2, 0.25) is 5.15 Å². The average molecular weight is 255 g/mol. The second kappa shape index (κ2) is 3.84. The third-order valence-electron chi connectivity index (χ3n) is 2.46. The van der Waals surface area contributed by atoms with Gasteiger partial charge in [-0.1, -0.05) is 37.5 Å². The van der Waals surface area contributed by atoms with Gasteiger partial charge >= 0.3 is 0 Å². The second-order valence-electron chi connectivity index (χ2n) is 5.05. The molecule has 17 heavy (non-hydrogen) atoms. The van der Waals surface area contributed by atoms with Crippen LogP contribution in [0.5, 0.6) is 0 Å². The maximum Gasteiger partial charge on any atom is 0.262 e. The van der Waals surface area contributed by atoms with Crippen molar-refractivity contribution in [3.8, 4) is 11.5 Å². The van der Waals surface area contributed by atoms with Gasteiger partial charge in [0.2, 0.25) is 0 Å². The molecule has 0 aliphatic carbocycles. The van der Waals surface area contributed by atoms with E-state index in [9.17, 15) is 0 Å². The van der Waals surface area contributed by atoms with Gasteiger partial charge in [0.05, 0.1) is 11.3 Å². The molecule has 0 aliphatic rings. The Labute approximate surface area is 105 Å². The summed E-state index contributed by atoms with van der Waals surface area (Å²) in [5.74, 6) is 1.08. The largest absolute Gasteiger partial charge is 0.334 e. The molecule has 0 aromatic carbocycles. The summed E-state index contributed by atoms with van der Waals surface area (Å²) >= 11 is 6.14. The SMILES string of the molecule is Cc1nn(C)c(Cl)c1-c1nc(C(C)(C)C)no1. The van der Waals surface area contributed by atoms with E-state index < -0.39 is 0 Å². The van der Waals surface area contributed by atoms with E-state index in [4.69, 9.17) is 16.1 Å². The molecule has 0 spiro atoms. The minimum absolute atomic E-state index is 0.148. The lowest BCUT2D eigenvalue weighted by atomic mass is 9.96. The minimum atomic E-state index is -0.148. The smallest absolute Gasteiger partial charge is 0.262 e. The van der Waals surface area contributed by atoms with Gasteiger partial charge in [-0.15, -0.1) is 0 Å². The molecular weight excluding hydrogens is 240 g/mol. The molecule has 0 amide bonds. The van der Waals surface area contributed by atoms with Crippen molar-refractivity contribution < 1.29 is 4.52 Å². The molecule has 92 valence electrons. The van der Waals surface area contributed by atoms with Crippen LogP contribution in [-0.4, -0.2) is 19.9 Å². The Morgan fingerprint density at radius 1 is 1.29 bits per heavy atom. The fraction of sp³-hybridized carbons (Fsp3) is 0.545. The molecule has 2 heterocycles. The van der Waals surface area contributed by atoms with Gasteiger partial charge in [-0.2, -0.15) is 10.1 Å². The number of aryl methyl sites for hydroxylation is 2. The van der Waals surface area contributed by atoms with E-state index >= 15 is 0 Å². The van der Waals surface area contributed by atoms with Crippen LogP contribution in [0, 0.1) is 6.92 Å². The summed E-state index contributed by atoms with van der Waals surface area (Å²) in [6.45, 7) is 7.94. The molecule has 0 N–H and O–H groups in total. The summed E-state index contributed by atoms with van der Waals surface area (Å²) in [7, 11) is 1.78. The summed E-state index contributed by atoms with van der Waals surface area (Å²) in [5.41, 5.74) is 1.34. The van der Waals surface area contributed by atoms with Gasteiger partial charge in [0, 0.05) is 12.5 Å². The highest BCUT2D eigenvalue weighted by molar-refractivity contribution is 6.32. The van der Waals surface area contributed by atoms with Crippen molar-refractivity contribution in [3.63, 3.8) is 0 Å². The highest BCUT2D eigenvalue weighted by atomic mass is 35.5. The Morgan fingerprint density at radius 3 is 2.35 bits per heavy atom. The maximum atomic E-state index is 6.14. The zero-order valence-electron chi connectivity index (χ0n) is 10.6. The summed E-state index contributed by atoms with van der Waals surface area (Å²) < 4.78 is 6.84. The standard InChI is InChI=1S/C11H15ClN4O/c1-6-7(8(12)16(5)14-6)9-13-10(15-17-9)11(2,3)4/h1-5H3. The van der Waals surface area contributed by atoms with Gasteiger partial charge in [-0.3, -0.25) is 4.68 Å². The quantitative estimate of drug-likeness (QED) is 0.785. The van der Waals surface area contributed by atoms with Gasteiger partial charge in [-0.05, 0) is 6.92 Å². The van der Waals surface area contributed by atoms with Crippen LogP contribution in [0.15, 0.2) is 4.52 Å². The Balaban J connectivity index is 2.51. The lowest BCUT2D eigenvalue weighted by molar-refractivity contribution is 0.402. The minimum Gasteiger partial charge on any atom is -0.334 e. The van der Waals surface area contributed by atoms with E-state index in [1.807, 2.05) is 27.7 Å². The Bertz CT molecular complexity index is 550. The summed E-state index contributed by atoms with van der Waals surface area (Å²) in [6, 6.07) is 0. The van der Waals surface area contributed by atoms with Crippen LogP contribution in [0.3, 0.4) is 0 Å². The van der Waals surface area contributed by atoms with Gasteiger partial charge < -0.3 is 4.52 Å². The number of rotatable bonds is 1. The highest BCUT2D eigenvalue weighted by Gasteiger charge is 2.24. The molecular formula is C11H15ClN4O. The molecule has 0 aliphatic heterocycles. The maximum absolute atomic E-state index is 6.14. The molecule has 2 aromatic heterocycles. The molecule has 6 heteroatoms. The molecule has 0 unspecified atom stereocenters. The number of hydrogen-bond donors (Lipinski definition) is 0. The van der Waals surface area contributed by atoms with E-state index in [0.717, 1.165) is 5.69 Å². The molecule has 0 saturated heterocycles. The van der Waals surface area contributed by atoms with Crippen LogP contribution < -0.4 is 0 Å². The zero-order chi connectivity index (χ0) is 12.8. The number of halogens is 1. The van der Waals surface area contributed by atoms with Crippen LogP contribution >= 0.6 is 11.6 Å². The predicted molar refractivity (Wildman–Crippen MR) is 64.9 cm³/mol. The van der Waals surface area contributed by atoms with Crippen LogP contribution in [0.25, 0.3) is 11.5 Å². The number of nitrogens with zero attached hydrogens (tertiary/aromatic N) is 4. The lowest BCUT2D eigenvalue weighted by Crippen LogP contribution is -2.13. The van der Waals surface area contributed by atoms with Gasteiger partial charge in [0.25, 0.3) is 5.89 Å². The van der Waals surface area contributed by atoms with Crippen molar-refractivity contribution in [2.45, 2.75) is 33.1 Å². The first kappa shape index (κ1) is 12.1. The van der Waals surface area contributed by atoms with E-state index in [1.165, 1.54) is 0 Å². The van der Waals surface area contributed by atoms with Crippen LogP contribution in [0.1, 0.15) is 32.3 Å². The zero-order valence-corrected chi connectivity index (χ0v) is 11.3. The molecule has 0 fully saturated rings. The van der Waals surface area contributed by atoms with Crippen LogP contribution in [0.4, 0.5) is 0 Å². The first-order chi connectivity index (χ1) is 7.80.